The van der Waals surface area contributed by atoms with Gasteiger partial charge in [-0.05, 0) is 24.3 Å². The van der Waals surface area contributed by atoms with Crippen molar-refractivity contribution in [1.82, 2.24) is 15.0 Å². The Morgan fingerprint density at radius 1 is 1.00 bits per heavy atom. The maximum absolute atomic E-state index is 12.9. The second-order valence-corrected chi connectivity index (χ2v) is 5.83. The van der Waals surface area contributed by atoms with Crippen molar-refractivity contribution in [2.75, 3.05) is 28.1 Å². The zero-order valence-electron chi connectivity index (χ0n) is 15.5. The van der Waals surface area contributed by atoms with E-state index in [1.54, 1.807) is 36.5 Å². The molecule has 3 aromatic rings. The minimum Gasteiger partial charge on any atom is -0.493 e. The Kier molecular flexibility index (Phi) is 4.48. The summed E-state index contributed by atoms with van der Waals surface area (Å²) in [4.78, 5) is 12.9. The number of carbonyl (C=O) groups excluding carboxylic acids is 1. The number of fused-ring (bicyclic) bond motifs is 1. The number of nitrogens with zero attached hydrogens (tertiary/aromatic N) is 3. The standard InChI is InChI=1S/C19H17N3O6/c1-24-16-6-11(7-17(25-2)19(16)26-3)18(23)13-9-22(21-20-13)12-4-5-14-15(8-12)28-10-27-14/h4-9H,10H2,1-3H3. The average molecular weight is 383 g/mol. The Hall–Kier alpha value is -3.75. The molecule has 2 aromatic carbocycles. The lowest BCUT2D eigenvalue weighted by Gasteiger charge is -2.13. The quantitative estimate of drug-likeness (QED) is 0.599. The van der Waals surface area contributed by atoms with E-state index >= 15 is 0 Å². The summed E-state index contributed by atoms with van der Waals surface area (Å²) in [5.74, 6) is 2.13. The molecule has 1 aromatic heterocycles. The van der Waals surface area contributed by atoms with Crippen molar-refractivity contribution in [3.8, 4) is 34.4 Å². The molecule has 28 heavy (non-hydrogen) atoms. The summed E-state index contributed by atoms with van der Waals surface area (Å²) in [6.45, 7) is 0.182. The van der Waals surface area contributed by atoms with Gasteiger partial charge < -0.3 is 23.7 Å². The highest BCUT2D eigenvalue weighted by Gasteiger charge is 2.21. The molecule has 0 fully saturated rings. The molecule has 1 aliphatic rings. The van der Waals surface area contributed by atoms with Crippen LogP contribution >= 0.6 is 0 Å². The number of benzene rings is 2. The molecular weight excluding hydrogens is 366 g/mol. The number of ketones is 1. The van der Waals surface area contributed by atoms with Crippen LogP contribution in [0.25, 0.3) is 5.69 Å². The Bertz CT molecular complexity index is 1020. The van der Waals surface area contributed by atoms with Crippen molar-refractivity contribution in [2.24, 2.45) is 0 Å². The monoisotopic (exact) mass is 383 g/mol. The highest BCUT2D eigenvalue weighted by atomic mass is 16.7. The normalized spacial score (nSPS) is 12.0. The smallest absolute Gasteiger partial charge is 0.231 e. The Morgan fingerprint density at radius 2 is 1.71 bits per heavy atom. The van der Waals surface area contributed by atoms with Crippen LogP contribution in [-0.2, 0) is 0 Å². The lowest BCUT2D eigenvalue weighted by molar-refractivity contribution is 0.103. The maximum atomic E-state index is 12.9. The first-order valence-corrected chi connectivity index (χ1v) is 8.31. The summed E-state index contributed by atoms with van der Waals surface area (Å²) < 4.78 is 28.0. The summed E-state index contributed by atoms with van der Waals surface area (Å²) in [7, 11) is 4.47. The van der Waals surface area contributed by atoms with E-state index in [2.05, 4.69) is 10.3 Å². The van der Waals surface area contributed by atoms with Gasteiger partial charge in [0.15, 0.2) is 28.7 Å². The predicted molar refractivity (Wildman–Crippen MR) is 97.0 cm³/mol. The van der Waals surface area contributed by atoms with Gasteiger partial charge in [-0.25, -0.2) is 4.68 Å². The van der Waals surface area contributed by atoms with Gasteiger partial charge in [0.1, 0.15) is 0 Å². The molecule has 9 nitrogen and oxygen atoms in total. The zero-order chi connectivity index (χ0) is 19.7. The number of aromatic nitrogens is 3. The summed E-state index contributed by atoms with van der Waals surface area (Å²) in [6.07, 6.45) is 1.54. The molecule has 0 saturated carbocycles. The molecule has 2 heterocycles. The van der Waals surface area contributed by atoms with Crippen LogP contribution in [0.1, 0.15) is 16.1 Å². The SMILES string of the molecule is COc1cc(C(=O)c2cn(-c3ccc4c(c3)OCO4)nn2)cc(OC)c1OC. The van der Waals surface area contributed by atoms with E-state index in [-0.39, 0.29) is 18.3 Å². The highest BCUT2D eigenvalue weighted by molar-refractivity contribution is 6.08. The number of methoxy groups -OCH3 is 3. The molecular formula is C19H17N3O6. The van der Waals surface area contributed by atoms with Crippen molar-refractivity contribution in [3.05, 3.63) is 47.8 Å². The lowest BCUT2D eigenvalue weighted by Crippen LogP contribution is -2.04. The molecule has 0 amide bonds. The van der Waals surface area contributed by atoms with Crippen LogP contribution < -0.4 is 23.7 Å². The van der Waals surface area contributed by atoms with Gasteiger partial charge in [-0.2, -0.15) is 0 Å². The van der Waals surface area contributed by atoms with Gasteiger partial charge in [0.25, 0.3) is 0 Å². The van der Waals surface area contributed by atoms with E-state index < -0.39 is 0 Å². The average Bonchev–Trinajstić information content (AvgIpc) is 3.40. The number of rotatable bonds is 6. The molecule has 0 unspecified atom stereocenters. The van der Waals surface area contributed by atoms with Crippen LogP contribution in [0.5, 0.6) is 28.7 Å². The topological polar surface area (TPSA) is 93.9 Å². The number of carbonyl (C=O) groups is 1. The van der Waals surface area contributed by atoms with Crippen LogP contribution in [0.4, 0.5) is 0 Å². The van der Waals surface area contributed by atoms with Crippen LogP contribution in [0.3, 0.4) is 0 Å². The predicted octanol–water partition coefficient (Wildman–Crippen LogP) is 2.25. The number of hydrogen-bond acceptors (Lipinski definition) is 8. The van der Waals surface area contributed by atoms with Gasteiger partial charge in [0.05, 0.1) is 33.2 Å². The molecule has 0 N–H and O–H groups in total. The van der Waals surface area contributed by atoms with Gasteiger partial charge in [-0.15, -0.1) is 5.10 Å². The summed E-state index contributed by atoms with van der Waals surface area (Å²) in [6, 6.07) is 8.49. The second kappa shape index (κ2) is 7.10. The highest BCUT2D eigenvalue weighted by Crippen LogP contribution is 2.38. The molecule has 1 aliphatic heterocycles. The minimum absolute atomic E-state index is 0.173. The summed E-state index contributed by atoms with van der Waals surface area (Å²) in [5.41, 5.74) is 1.21. The molecule has 0 atom stereocenters. The molecule has 0 saturated heterocycles. The number of hydrogen-bond donors (Lipinski definition) is 0. The van der Waals surface area contributed by atoms with Gasteiger partial charge >= 0.3 is 0 Å². The largest absolute Gasteiger partial charge is 0.493 e. The fourth-order valence-electron chi connectivity index (χ4n) is 2.88. The van der Waals surface area contributed by atoms with E-state index in [9.17, 15) is 4.79 Å². The van der Waals surface area contributed by atoms with Crippen molar-refractivity contribution in [1.29, 1.82) is 0 Å². The molecule has 0 bridgehead atoms. The molecule has 0 spiro atoms. The van der Waals surface area contributed by atoms with E-state index in [1.165, 1.54) is 26.0 Å². The first-order valence-electron chi connectivity index (χ1n) is 8.31. The molecule has 9 heteroatoms. The van der Waals surface area contributed by atoms with Gasteiger partial charge in [-0.1, -0.05) is 5.21 Å². The van der Waals surface area contributed by atoms with Crippen LogP contribution in [0.15, 0.2) is 36.5 Å². The van der Waals surface area contributed by atoms with Crippen molar-refractivity contribution < 1.29 is 28.5 Å². The molecule has 4 rings (SSSR count). The minimum atomic E-state index is -0.328. The van der Waals surface area contributed by atoms with Gasteiger partial charge in [0, 0.05) is 11.6 Å². The Morgan fingerprint density at radius 3 is 2.39 bits per heavy atom. The number of ether oxygens (including phenoxy) is 5. The van der Waals surface area contributed by atoms with Gasteiger partial charge in [-0.3, -0.25) is 4.79 Å². The fraction of sp³-hybridized carbons (Fsp3) is 0.211. The third-order valence-electron chi connectivity index (χ3n) is 4.27. The lowest BCUT2D eigenvalue weighted by atomic mass is 10.1. The molecule has 0 aliphatic carbocycles. The first-order chi connectivity index (χ1) is 13.6. The van der Waals surface area contributed by atoms with Crippen LogP contribution in [0.2, 0.25) is 0 Å². The van der Waals surface area contributed by atoms with Crippen LogP contribution in [0, 0.1) is 0 Å². The maximum Gasteiger partial charge on any atom is 0.231 e. The van der Waals surface area contributed by atoms with Crippen LogP contribution in [-0.4, -0.2) is 48.9 Å². The van der Waals surface area contributed by atoms with Crippen molar-refractivity contribution in [2.45, 2.75) is 0 Å². The third-order valence-corrected chi connectivity index (χ3v) is 4.27. The van der Waals surface area contributed by atoms with Crippen molar-refractivity contribution >= 4 is 5.78 Å². The summed E-state index contributed by atoms with van der Waals surface area (Å²) >= 11 is 0. The van der Waals surface area contributed by atoms with Gasteiger partial charge in [0.2, 0.25) is 18.3 Å². The van der Waals surface area contributed by atoms with E-state index in [1.807, 2.05) is 0 Å². The van der Waals surface area contributed by atoms with Crippen molar-refractivity contribution in [3.63, 3.8) is 0 Å². The zero-order valence-corrected chi connectivity index (χ0v) is 15.5. The van der Waals surface area contributed by atoms with E-state index in [0.717, 1.165) is 0 Å². The van der Waals surface area contributed by atoms with E-state index in [4.69, 9.17) is 23.7 Å². The van der Waals surface area contributed by atoms with E-state index in [0.29, 0.717) is 40.0 Å². The Balaban J connectivity index is 1.66. The fourth-order valence-corrected chi connectivity index (χ4v) is 2.88. The first kappa shape index (κ1) is 17.7. The second-order valence-electron chi connectivity index (χ2n) is 5.83. The Labute approximate surface area is 160 Å². The summed E-state index contributed by atoms with van der Waals surface area (Å²) in [5, 5.41) is 8.03. The third kappa shape index (κ3) is 2.96. The molecule has 0 radical (unpaired) electrons. The molecule has 144 valence electrons.